The topological polar surface area (TPSA) is 67.9 Å². The molecule has 0 aliphatic heterocycles. The molecule has 2 aromatic carbocycles. The maximum atomic E-state index is 11.8. The van der Waals surface area contributed by atoms with Gasteiger partial charge in [0.15, 0.2) is 0 Å². The summed E-state index contributed by atoms with van der Waals surface area (Å²) in [5.41, 5.74) is 3.13. The highest BCUT2D eigenvalue weighted by atomic mass is 35.5. The lowest BCUT2D eigenvalue weighted by Gasteiger charge is -2.02. The minimum absolute atomic E-state index is 0.0861. The Labute approximate surface area is 162 Å². The van der Waals surface area contributed by atoms with Gasteiger partial charge in [-0.25, -0.2) is 4.79 Å². The van der Waals surface area contributed by atoms with Crippen LogP contribution in [0.1, 0.15) is 11.1 Å². The van der Waals surface area contributed by atoms with E-state index in [1.807, 2.05) is 60.7 Å². The van der Waals surface area contributed by atoms with Crippen LogP contribution >= 0.6 is 11.6 Å². The fourth-order valence-corrected chi connectivity index (χ4v) is 2.88. The zero-order valence-electron chi connectivity index (χ0n) is 14.6. The van der Waals surface area contributed by atoms with Crippen LogP contribution in [-0.4, -0.2) is 22.9 Å². The predicted molar refractivity (Wildman–Crippen MR) is 104 cm³/mol. The third kappa shape index (κ3) is 4.43. The van der Waals surface area contributed by atoms with E-state index in [1.54, 1.807) is 10.9 Å². The molecule has 0 saturated carbocycles. The number of hydrogen-bond donors (Lipinski definition) is 0. The van der Waals surface area contributed by atoms with Crippen molar-refractivity contribution in [2.24, 2.45) is 0 Å². The van der Waals surface area contributed by atoms with Gasteiger partial charge in [0, 0.05) is 22.3 Å². The molecule has 0 aliphatic carbocycles. The van der Waals surface area contributed by atoms with E-state index in [0.717, 1.165) is 11.1 Å². The van der Waals surface area contributed by atoms with Gasteiger partial charge in [-0.2, -0.15) is 10.4 Å². The number of nitriles is 1. The first kappa shape index (κ1) is 18.4. The second-order valence-corrected chi connectivity index (χ2v) is 6.22. The molecule has 3 aromatic rings. The Kier molecular flexibility index (Phi) is 5.70. The third-order valence-corrected chi connectivity index (χ3v) is 4.13. The number of aromatic nitrogens is 2. The van der Waals surface area contributed by atoms with Crippen molar-refractivity contribution in [1.29, 1.82) is 5.26 Å². The molecule has 5 nitrogen and oxygen atoms in total. The van der Waals surface area contributed by atoms with Crippen LogP contribution in [0.5, 0.6) is 0 Å². The Hall–Kier alpha value is -3.36. The number of carbonyl (C=O) groups is 1. The molecule has 0 aliphatic rings. The number of rotatable bonds is 5. The minimum atomic E-state index is -0.681. The fourth-order valence-electron chi connectivity index (χ4n) is 2.67. The van der Waals surface area contributed by atoms with Crippen molar-refractivity contribution in [3.05, 3.63) is 82.5 Å². The normalized spacial score (nSPS) is 11.1. The maximum Gasteiger partial charge on any atom is 0.348 e. The molecule has 0 N–H and O–H groups in total. The van der Waals surface area contributed by atoms with Crippen molar-refractivity contribution in [3.8, 4) is 17.3 Å². The Morgan fingerprint density at radius 2 is 2.04 bits per heavy atom. The van der Waals surface area contributed by atoms with E-state index in [-0.39, 0.29) is 5.57 Å². The van der Waals surface area contributed by atoms with E-state index in [0.29, 0.717) is 22.8 Å². The smallest absolute Gasteiger partial charge is 0.348 e. The molecule has 0 radical (unpaired) electrons. The minimum Gasteiger partial charge on any atom is -0.465 e. The van der Waals surface area contributed by atoms with Gasteiger partial charge in [0.1, 0.15) is 11.6 Å². The highest BCUT2D eigenvalue weighted by Gasteiger charge is 2.14. The summed E-state index contributed by atoms with van der Waals surface area (Å²) in [5.74, 6) is -0.681. The zero-order valence-corrected chi connectivity index (χ0v) is 15.3. The van der Waals surface area contributed by atoms with Gasteiger partial charge in [-0.05, 0) is 23.8 Å². The number of hydrogen-bond acceptors (Lipinski definition) is 4. The summed E-state index contributed by atoms with van der Waals surface area (Å²) in [5, 5.41) is 14.6. The summed E-state index contributed by atoms with van der Waals surface area (Å²) in [4.78, 5) is 11.8. The van der Waals surface area contributed by atoms with E-state index >= 15 is 0 Å². The number of methoxy groups -OCH3 is 1. The van der Waals surface area contributed by atoms with E-state index in [4.69, 9.17) is 11.6 Å². The average Bonchev–Trinajstić information content (AvgIpc) is 3.08. The van der Waals surface area contributed by atoms with Crippen molar-refractivity contribution in [1.82, 2.24) is 9.78 Å². The van der Waals surface area contributed by atoms with Gasteiger partial charge in [-0.3, -0.25) is 4.68 Å². The van der Waals surface area contributed by atoms with Gasteiger partial charge in [0.05, 0.1) is 19.3 Å². The number of ether oxygens (including phenoxy) is 1. The van der Waals surface area contributed by atoms with Crippen LogP contribution in [0.3, 0.4) is 0 Å². The molecule has 0 bridgehead atoms. The van der Waals surface area contributed by atoms with E-state index < -0.39 is 5.97 Å². The predicted octanol–water partition coefficient (Wildman–Crippen LogP) is 4.33. The Bertz CT molecular complexity index is 1030. The van der Waals surface area contributed by atoms with Gasteiger partial charge in [0.25, 0.3) is 0 Å². The second-order valence-electron chi connectivity index (χ2n) is 5.79. The standard InChI is InChI=1S/C21H16ClN3O2/c1-27-21(26)17(12-23)11-18-14-25(13-15-6-5-9-19(22)10-15)24-20(18)16-7-3-2-4-8-16/h2-11,14H,13H2,1H3. The third-order valence-electron chi connectivity index (χ3n) is 3.90. The summed E-state index contributed by atoms with van der Waals surface area (Å²) in [6.07, 6.45) is 3.29. The van der Waals surface area contributed by atoms with Gasteiger partial charge < -0.3 is 4.74 Å². The monoisotopic (exact) mass is 377 g/mol. The van der Waals surface area contributed by atoms with E-state index in [9.17, 15) is 10.1 Å². The summed E-state index contributed by atoms with van der Waals surface area (Å²) < 4.78 is 6.42. The molecule has 0 atom stereocenters. The molecule has 3 rings (SSSR count). The van der Waals surface area contributed by atoms with Gasteiger partial charge >= 0.3 is 5.97 Å². The molecule has 0 saturated heterocycles. The van der Waals surface area contributed by atoms with Crippen LogP contribution in [0.2, 0.25) is 5.02 Å². The molecule has 0 fully saturated rings. The highest BCUT2D eigenvalue weighted by Crippen LogP contribution is 2.25. The van der Waals surface area contributed by atoms with Crippen molar-refractivity contribution < 1.29 is 9.53 Å². The molecule has 1 aromatic heterocycles. The van der Waals surface area contributed by atoms with Gasteiger partial charge in [0.2, 0.25) is 0 Å². The van der Waals surface area contributed by atoms with Crippen LogP contribution < -0.4 is 0 Å². The Balaban J connectivity index is 2.05. The average molecular weight is 378 g/mol. The van der Waals surface area contributed by atoms with E-state index in [1.165, 1.54) is 13.2 Å². The van der Waals surface area contributed by atoms with Crippen LogP contribution in [0, 0.1) is 11.3 Å². The first-order valence-electron chi connectivity index (χ1n) is 8.18. The molecular weight excluding hydrogens is 362 g/mol. The Morgan fingerprint density at radius 1 is 1.26 bits per heavy atom. The van der Waals surface area contributed by atoms with Crippen LogP contribution in [0.25, 0.3) is 17.3 Å². The van der Waals surface area contributed by atoms with Crippen molar-refractivity contribution in [2.45, 2.75) is 6.54 Å². The number of benzene rings is 2. The van der Waals surface area contributed by atoms with Gasteiger partial charge in [-0.15, -0.1) is 0 Å². The molecule has 0 unspecified atom stereocenters. The number of halogens is 1. The maximum absolute atomic E-state index is 11.8. The van der Waals surface area contributed by atoms with Crippen LogP contribution in [0.4, 0.5) is 0 Å². The first-order valence-corrected chi connectivity index (χ1v) is 8.56. The quantitative estimate of drug-likeness (QED) is 0.377. The molecule has 6 heteroatoms. The van der Waals surface area contributed by atoms with Crippen molar-refractivity contribution in [3.63, 3.8) is 0 Å². The van der Waals surface area contributed by atoms with Crippen LogP contribution in [-0.2, 0) is 16.1 Å². The van der Waals surface area contributed by atoms with Gasteiger partial charge in [-0.1, -0.05) is 54.1 Å². The van der Waals surface area contributed by atoms with Crippen molar-refractivity contribution in [2.75, 3.05) is 7.11 Å². The Morgan fingerprint density at radius 3 is 2.70 bits per heavy atom. The molecule has 1 heterocycles. The fraction of sp³-hybridized carbons (Fsp3) is 0.0952. The molecule has 27 heavy (non-hydrogen) atoms. The zero-order chi connectivity index (χ0) is 19.2. The lowest BCUT2D eigenvalue weighted by Crippen LogP contribution is -2.02. The van der Waals surface area contributed by atoms with Crippen LogP contribution in [0.15, 0.2) is 66.4 Å². The lowest BCUT2D eigenvalue weighted by molar-refractivity contribution is -0.135. The van der Waals surface area contributed by atoms with E-state index in [2.05, 4.69) is 9.84 Å². The largest absolute Gasteiger partial charge is 0.465 e. The summed E-state index contributed by atoms with van der Waals surface area (Å²) >= 11 is 6.06. The number of nitrogens with zero attached hydrogens (tertiary/aromatic N) is 3. The number of esters is 1. The summed E-state index contributed by atoms with van der Waals surface area (Å²) in [6, 6.07) is 19.0. The molecule has 0 spiro atoms. The SMILES string of the molecule is COC(=O)C(C#N)=Cc1cn(Cc2cccc(Cl)c2)nc1-c1ccccc1. The molecule has 0 amide bonds. The molecular formula is C21H16ClN3O2. The molecule has 134 valence electrons. The van der Waals surface area contributed by atoms with Crippen molar-refractivity contribution >= 4 is 23.6 Å². The number of carbonyl (C=O) groups excluding carboxylic acids is 1. The summed E-state index contributed by atoms with van der Waals surface area (Å²) in [7, 11) is 1.24. The lowest BCUT2D eigenvalue weighted by atomic mass is 10.1. The summed E-state index contributed by atoms with van der Waals surface area (Å²) in [6.45, 7) is 0.508. The second kappa shape index (κ2) is 8.35. The highest BCUT2D eigenvalue weighted by molar-refractivity contribution is 6.30. The first-order chi connectivity index (χ1) is 13.1.